The number of nitro groups is 1. The van der Waals surface area contributed by atoms with E-state index < -0.39 is 10.8 Å². The second kappa shape index (κ2) is 8.88. The van der Waals surface area contributed by atoms with Crippen LogP contribution in [0.25, 0.3) is 0 Å². The number of rotatable bonds is 7. The van der Waals surface area contributed by atoms with E-state index in [1.807, 2.05) is 30.3 Å². The van der Waals surface area contributed by atoms with Crippen LogP contribution in [0.1, 0.15) is 21.5 Å². The van der Waals surface area contributed by atoms with E-state index in [1.165, 1.54) is 25.3 Å². The van der Waals surface area contributed by atoms with Crippen LogP contribution in [0.5, 0.6) is 11.5 Å². The molecule has 0 aliphatic carbocycles. The largest absolute Gasteiger partial charge is 0.493 e. The van der Waals surface area contributed by atoms with Crippen LogP contribution < -0.4 is 14.8 Å². The van der Waals surface area contributed by atoms with E-state index in [0.29, 0.717) is 23.7 Å². The molecule has 148 valence electrons. The van der Waals surface area contributed by atoms with Gasteiger partial charge in [-0.25, -0.2) is 0 Å². The fraction of sp³-hybridized carbons (Fsp3) is 0.136. The zero-order valence-corrected chi connectivity index (χ0v) is 16.0. The van der Waals surface area contributed by atoms with Crippen molar-refractivity contribution in [3.8, 4) is 11.5 Å². The first-order chi connectivity index (χ1) is 14.0. The molecule has 0 bridgehead atoms. The third-order valence-electron chi connectivity index (χ3n) is 4.26. The molecule has 0 saturated heterocycles. The van der Waals surface area contributed by atoms with Crippen LogP contribution in [0.3, 0.4) is 0 Å². The summed E-state index contributed by atoms with van der Waals surface area (Å²) >= 11 is 0. The summed E-state index contributed by atoms with van der Waals surface area (Å²) in [5.41, 5.74) is 2.00. The molecule has 29 heavy (non-hydrogen) atoms. The Hall–Kier alpha value is -3.87. The number of nitro benzene ring substituents is 1. The van der Waals surface area contributed by atoms with Gasteiger partial charge >= 0.3 is 0 Å². The van der Waals surface area contributed by atoms with Crippen LogP contribution in [-0.2, 0) is 6.61 Å². The van der Waals surface area contributed by atoms with Gasteiger partial charge < -0.3 is 14.8 Å². The number of ether oxygens (including phenoxy) is 2. The summed E-state index contributed by atoms with van der Waals surface area (Å²) in [6.07, 6.45) is 0. The fourth-order valence-corrected chi connectivity index (χ4v) is 2.76. The monoisotopic (exact) mass is 392 g/mol. The zero-order valence-electron chi connectivity index (χ0n) is 16.0. The van der Waals surface area contributed by atoms with Gasteiger partial charge in [0.1, 0.15) is 12.3 Å². The molecule has 0 aliphatic rings. The normalized spacial score (nSPS) is 10.3. The van der Waals surface area contributed by atoms with Crippen LogP contribution in [0.15, 0.2) is 66.7 Å². The average molecular weight is 392 g/mol. The summed E-state index contributed by atoms with van der Waals surface area (Å²) in [7, 11) is 1.48. The molecule has 3 aromatic rings. The van der Waals surface area contributed by atoms with Crippen molar-refractivity contribution in [3.63, 3.8) is 0 Å². The van der Waals surface area contributed by atoms with Crippen molar-refractivity contribution < 1.29 is 19.2 Å². The molecule has 1 amide bonds. The SMILES string of the molecule is COc1cc(C(=O)Nc2ccc(C)cc2[N+](=O)[O-])ccc1OCc1ccccc1. The van der Waals surface area contributed by atoms with E-state index in [2.05, 4.69) is 5.32 Å². The van der Waals surface area contributed by atoms with Gasteiger partial charge in [-0.05, 0) is 42.3 Å². The number of anilines is 1. The molecule has 7 nitrogen and oxygen atoms in total. The highest BCUT2D eigenvalue weighted by atomic mass is 16.6. The van der Waals surface area contributed by atoms with E-state index in [-0.39, 0.29) is 11.4 Å². The summed E-state index contributed by atoms with van der Waals surface area (Å²) < 4.78 is 11.1. The second-order valence-electron chi connectivity index (χ2n) is 6.37. The van der Waals surface area contributed by atoms with E-state index >= 15 is 0 Å². The lowest BCUT2D eigenvalue weighted by Gasteiger charge is -2.12. The third kappa shape index (κ3) is 4.90. The van der Waals surface area contributed by atoms with Gasteiger partial charge in [0.25, 0.3) is 11.6 Å². The molecule has 0 radical (unpaired) electrons. The van der Waals surface area contributed by atoms with Crippen LogP contribution in [0, 0.1) is 17.0 Å². The number of hydrogen-bond acceptors (Lipinski definition) is 5. The minimum absolute atomic E-state index is 0.133. The molecular formula is C22H20N2O5. The maximum Gasteiger partial charge on any atom is 0.293 e. The predicted molar refractivity (Wildman–Crippen MR) is 110 cm³/mol. The Bertz CT molecular complexity index is 1030. The minimum atomic E-state index is -0.524. The maximum atomic E-state index is 12.6. The van der Waals surface area contributed by atoms with Crippen molar-refractivity contribution in [2.24, 2.45) is 0 Å². The molecule has 0 heterocycles. The Kier molecular flexibility index (Phi) is 6.09. The van der Waals surface area contributed by atoms with Crippen molar-refractivity contribution in [1.29, 1.82) is 0 Å². The van der Waals surface area contributed by atoms with Gasteiger partial charge in [0.2, 0.25) is 0 Å². The Morgan fingerprint density at radius 3 is 2.48 bits per heavy atom. The van der Waals surface area contributed by atoms with Crippen LogP contribution >= 0.6 is 0 Å². The molecule has 0 fully saturated rings. The van der Waals surface area contributed by atoms with Crippen LogP contribution in [0.4, 0.5) is 11.4 Å². The van der Waals surface area contributed by atoms with Crippen molar-refractivity contribution in [1.82, 2.24) is 0 Å². The molecule has 0 aliphatic heterocycles. The lowest BCUT2D eigenvalue weighted by Crippen LogP contribution is -2.13. The number of hydrogen-bond donors (Lipinski definition) is 1. The van der Waals surface area contributed by atoms with Crippen LogP contribution in [0.2, 0.25) is 0 Å². The van der Waals surface area contributed by atoms with E-state index in [9.17, 15) is 14.9 Å². The summed E-state index contributed by atoms with van der Waals surface area (Å²) in [5, 5.41) is 13.8. The summed E-state index contributed by atoms with van der Waals surface area (Å²) in [6, 6.07) is 19.1. The quantitative estimate of drug-likeness (QED) is 0.463. The molecular weight excluding hydrogens is 372 g/mol. The average Bonchev–Trinajstić information content (AvgIpc) is 2.73. The lowest BCUT2D eigenvalue weighted by atomic mass is 10.1. The molecule has 3 aromatic carbocycles. The van der Waals surface area contributed by atoms with Crippen LogP contribution in [-0.4, -0.2) is 17.9 Å². The highest BCUT2D eigenvalue weighted by Crippen LogP contribution is 2.30. The lowest BCUT2D eigenvalue weighted by molar-refractivity contribution is -0.384. The van der Waals surface area contributed by atoms with Crippen molar-refractivity contribution in [2.75, 3.05) is 12.4 Å². The summed E-state index contributed by atoms with van der Waals surface area (Å²) in [5.74, 6) is 0.408. The number of nitrogens with one attached hydrogen (secondary N) is 1. The standard InChI is InChI=1S/C22H20N2O5/c1-15-8-10-18(19(12-15)24(26)27)23-22(25)17-9-11-20(21(13-17)28-2)29-14-16-6-4-3-5-7-16/h3-13H,14H2,1-2H3,(H,23,25). The molecule has 1 N–H and O–H groups in total. The van der Waals surface area contributed by atoms with Gasteiger partial charge in [-0.2, -0.15) is 0 Å². The molecule has 0 atom stereocenters. The first-order valence-electron chi connectivity index (χ1n) is 8.89. The molecule has 0 saturated carbocycles. The van der Waals surface area contributed by atoms with Gasteiger partial charge in [-0.1, -0.05) is 36.4 Å². The number of benzene rings is 3. The van der Waals surface area contributed by atoms with Gasteiger partial charge in [0, 0.05) is 11.6 Å². The Balaban J connectivity index is 1.77. The predicted octanol–water partition coefficient (Wildman–Crippen LogP) is 4.74. The summed E-state index contributed by atoms with van der Waals surface area (Å²) in [6.45, 7) is 2.11. The smallest absolute Gasteiger partial charge is 0.293 e. The molecule has 0 spiro atoms. The molecule has 0 aromatic heterocycles. The highest BCUT2D eigenvalue weighted by Gasteiger charge is 2.18. The number of carbonyl (C=O) groups excluding carboxylic acids is 1. The van der Waals surface area contributed by atoms with Crippen molar-refractivity contribution in [2.45, 2.75) is 13.5 Å². The van der Waals surface area contributed by atoms with Gasteiger partial charge in [0.05, 0.1) is 12.0 Å². The minimum Gasteiger partial charge on any atom is -0.493 e. The first-order valence-corrected chi connectivity index (χ1v) is 8.89. The van der Waals surface area contributed by atoms with Crippen molar-refractivity contribution in [3.05, 3.63) is 93.5 Å². The van der Waals surface area contributed by atoms with Gasteiger partial charge in [-0.15, -0.1) is 0 Å². The fourth-order valence-electron chi connectivity index (χ4n) is 2.76. The number of amides is 1. The zero-order chi connectivity index (χ0) is 20.8. The molecule has 0 unspecified atom stereocenters. The van der Waals surface area contributed by atoms with E-state index in [0.717, 1.165) is 11.1 Å². The molecule has 7 heteroatoms. The Morgan fingerprint density at radius 2 is 1.79 bits per heavy atom. The maximum absolute atomic E-state index is 12.6. The second-order valence-corrected chi connectivity index (χ2v) is 6.37. The topological polar surface area (TPSA) is 90.7 Å². The molecule has 3 rings (SSSR count). The Morgan fingerprint density at radius 1 is 1.03 bits per heavy atom. The first kappa shape index (κ1) is 19.9. The highest BCUT2D eigenvalue weighted by molar-refractivity contribution is 6.05. The van der Waals surface area contributed by atoms with Gasteiger partial charge in [0.15, 0.2) is 11.5 Å². The van der Waals surface area contributed by atoms with Crippen molar-refractivity contribution >= 4 is 17.3 Å². The third-order valence-corrected chi connectivity index (χ3v) is 4.26. The van der Waals surface area contributed by atoms with E-state index in [1.54, 1.807) is 25.1 Å². The summed E-state index contributed by atoms with van der Waals surface area (Å²) in [4.78, 5) is 23.3. The number of aryl methyl sites for hydroxylation is 1. The number of carbonyl (C=O) groups is 1. The number of methoxy groups -OCH3 is 1. The van der Waals surface area contributed by atoms with Gasteiger partial charge in [-0.3, -0.25) is 14.9 Å². The van der Waals surface area contributed by atoms with E-state index in [4.69, 9.17) is 9.47 Å². The Labute approximate surface area is 168 Å². The number of nitrogens with zero attached hydrogens (tertiary/aromatic N) is 1.